The molecule has 2 fully saturated rings. The van der Waals surface area contributed by atoms with E-state index in [-0.39, 0.29) is 6.04 Å². The fraction of sp³-hybridized carbons (Fsp3) is 0.846. The fourth-order valence-electron chi connectivity index (χ4n) is 2.98. The maximum atomic E-state index is 6.02. The first-order valence-corrected chi connectivity index (χ1v) is 7.25. The highest BCUT2D eigenvalue weighted by molar-refractivity contribution is 5.29. The average molecular weight is 265 g/mol. The van der Waals surface area contributed by atoms with Crippen LogP contribution in [0.3, 0.4) is 0 Å². The summed E-state index contributed by atoms with van der Waals surface area (Å²) in [6.07, 6.45) is 4.39. The third kappa shape index (κ3) is 2.90. The number of hydrogen-bond donors (Lipinski definition) is 1. The Labute approximate surface area is 113 Å². The van der Waals surface area contributed by atoms with E-state index in [2.05, 4.69) is 27.0 Å². The molecule has 1 aromatic rings. The Balaban J connectivity index is 1.65. The molecule has 1 saturated heterocycles. The van der Waals surface area contributed by atoms with Gasteiger partial charge in [0.05, 0.1) is 0 Å². The summed E-state index contributed by atoms with van der Waals surface area (Å²) in [6.45, 7) is 4.05. The van der Waals surface area contributed by atoms with Crippen molar-refractivity contribution < 1.29 is 4.52 Å². The van der Waals surface area contributed by atoms with Crippen LogP contribution >= 0.6 is 0 Å². The number of aromatic nitrogens is 2. The Kier molecular flexibility index (Phi) is 3.70. The number of nitrogens with zero attached hydrogens (tertiary/aromatic N) is 4. The Morgan fingerprint density at radius 1 is 1.21 bits per heavy atom. The van der Waals surface area contributed by atoms with E-state index in [0.717, 1.165) is 63.7 Å². The van der Waals surface area contributed by atoms with Gasteiger partial charge in [0.25, 0.3) is 5.95 Å². The van der Waals surface area contributed by atoms with Crippen LogP contribution in [0.2, 0.25) is 0 Å². The normalized spacial score (nSPS) is 29.7. The van der Waals surface area contributed by atoms with Gasteiger partial charge in [-0.1, -0.05) is 6.42 Å². The highest BCUT2D eigenvalue weighted by atomic mass is 16.5. The van der Waals surface area contributed by atoms with Gasteiger partial charge >= 0.3 is 0 Å². The van der Waals surface area contributed by atoms with Crippen LogP contribution in [0.25, 0.3) is 0 Å². The van der Waals surface area contributed by atoms with Crippen molar-refractivity contribution in [3.63, 3.8) is 0 Å². The van der Waals surface area contributed by atoms with Gasteiger partial charge < -0.3 is 20.1 Å². The van der Waals surface area contributed by atoms with Crippen molar-refractivity contribution in [2.45, 2.75) is 37.6 Å². The SMILES string of the molecule is CN1CCN(c2noc(C3CCCC(N)C3)n2)CC1. The summed E-state index contributed by atoms with van der Waals surface area (Å²) in [5.74, 6) is 1.89. The number of rotatable bonds is 2. The van der Waals surface area contributed by atoms with E-state index in [1.807, 2.05) is 0 Å². The predicted octanol–water partition coefficient (Wildman–Crippen LogP) is 0.806. The van der Waals surface area contributed by atoms with E-state index in [9.17, 15) is 0 Å². The lowest BCUT2D eigenvalue weighted by Crippen LogP contribution is -2.44. The first kappa shape index (κ1) is 12.9. The second kappa shape index (κ2) is 5.46. The molecule has 3 rings (SSSR count). The zero-order valence-corrected chi connectivity index (χ0v) is 11.6. The van der Waals surface area contributed by atoms with Gasteiger partial charge in [0.1, 0.15) is 0 Å². The summed E-state index contributed by atoms with van der Waals surface area (Å²) < 4.78 is 5.46. The summed E-state index contributed by atoms with van der Waals surface area (Å²) in [7, 11) is 2.14. The van der Waals surface area contributed by atoms with Crippen LogP contribution in [0, 0.1) is 0 Å². The van der Waals surface area contributed by atoms with Crippen molar-refractivity contribution in [1.29, 1.82) is 0 Å². The van der Waals surface area contributed by atoms with Crippen molar-refractivity contribution in [3.8, 4) is 0 Å². The number of piperazine rings is 1. The molecule has 2 N–H and O–H groups in total. The molecule has 0 aromatic carbocycles. The van der Waals surface area contributed by atoms with Gasteiger partial charge in [0.2, 0.25) is 5.89 Å². The molecule has 6 nitrogen and oxygen atoms in total. The second-order valence-corrected chi connectivity index (χ2v) is 5.85. The minimum absolute atomic E-state index is 0.290. The van der Waals surface area contributed by atoms with Crippen molar-refractivity contribution >= 4 is 5.95 Å². The molecule has 1 aliphatic heterocycles. The monoisotopic (exact) mass is 265 g/mol. The van der Waals surface area contributed by atoms with Crippen molar-refractivity contribution in [3.05, 3.63) is 5.89 Å². The molecule has 106 valence electrons. The molecule has 1 saturated carbocycles. The van der Waals surface area contributed by atoms with Gasteiger partial charge in [-0.25, -0.2) is 0 Å². The van der Waals surface area contributed by atoms with Gasteiger partial charge in [0, 0.05) is 38.1 Å². The molecule has 1 aromatic heterocycles. The first-order chi connectivity index (χ1) is 9.22. The van der Waals surface area contributed by atoms with Gasteiger partial charge in [-0.05, 0) is 31.5 Å². The van der Waals surface area contributed by atoms with E-state index in [0.29, 0.717) is 5.92 Å². The first-order valence-electron chi connectivity index (χ1n) is 7.25. The van der Waals surface area contributed by atoms with E-state index in [1.165, 1.54) is 0 Å². The van der Waals surface area contributed by atoms with E-state index in [1.54, 1.807) is 0 Å². The maximum absolute atomic E-state index is 6.02. The molecule has 0 radical (unpaired) electrons. The number of nitrogens with two attached hydrogens (primary N) is 1. The quantitative estimate of drug-likeness (QED) is 0.853. The largest absolute Gasteiger partial charge is 0.337 e. The zero-order chi connectivity index (χ0) is 13.2. The molecular weight excluding hydrogens is 242 g/mol. The van der Waals surface area contributed by atoms with E-state index in [4.69, 9.17) is 10.3 Å². The van der Waals surface area contributed by atoms with E-state index < -0.39 is 0 Å². The van der Waals surface area contributed by atoms with Crippen molar-refractivity contribution in [2.24, 2.45) is 5.73 Å². The van der Waals surface area contributed by atoms with Crippen LogP contribution in [0.1, 0.15) is 37.5 Å². The predicted molar refractivity (Wildman–Crippen MR) is 73.2 cm³/mol. The van der Waals surface area contributed by atoms with Gasteiger partial charge in [0.15, 0.2) is 0 Å². The molecule has 2 unspecified atom stereocenters. The lowest BCUT2D eigenvalue weighted by Gasteiger charge is -2.31. The van der Waals surface area contributed by atoms with Gasteiger partial charge in [-0.15, -0.1) is 0 Å². The lowest BCUT2D eigenvalue weighted by atomic mass is 9.86. The van der Waals surface area contributed by atoms with Crippen LogP contribution in [-0.4, -0.2) is 54.3 Å². The molecule has 2 aliphatic rings. The molecule has 6 heteroatoms. The second-order valence-electron chi connectivity index (χ2n) is 5.85. The molecular formula is C13H23N5O. The smallest absolute Gasteiger partial charge is 0.266 e. The Morgan fingerprint density at radius 3 is 2.74 bits per heavy atom. The third-order valence-electron chi connectivity index (χ3n) is 4.28. The standard InChI is InChI=1S/C13H23N5O/c1-17-5-7-18(8-6-17)13-15-12(19-16-13)10-3-2-4-11(14)9-10/h10-11H,2-9,14H2,1H3. The minimum atomic E-state index is 0.290. The average Bonchev–Trinajstić information content (AvgIpc) is 2.89. The maximum Gasteiger partial charge on any atom is 0.266 e. The summed E-state index contributed by atoms with van der Waals surface area (Å²) in [5, 5.41) is 4.15. The fourth-order valence-corrected chi connectivity index (χ4v) is 2.98. The van der Waals surface area contributed by atoms with Crippen LogP contribution in [0.5, 0.6) is 0 Å². The summed E-state index contributed by atoms with van der Waals surface area (Å²) in [4.78, 5) is 9.11. The van der Waals surface area contributed by atoms with Crippen molar-refractivity contribution in [2.75, 3.05) is 38.1 Å². The molecule has 2 heterocycles. The highest BCUT2D eigenvalue weighted by Gasteiger charge is 2.27. The Hall–Kier alpha value is -1.14. The Morgan fingerprint density at radius 2 is 2.00 bits per heavy atom. The summed E-state index contributed by atoms with van der Waals surface area (Å²) in [5.41, 5.74) is 6.02. The molecule has 19 heavy (non-hydrogen) atoms. The molecule has 1 aliphatic carbocycles. The Bertz CT molecular complexity index is 413. The third-order valence-corrected chi connectivity index (χ3v) is 4.28. The minimum Gasteiger partial charge on any atom is -0.337 e. The number of hydrogen-bond acceptors (Lipinski definition) is 6. The zero-order valence-electron chi connectivity index (χ0n) is 11.6. The van der Waals surface area contributed by atoms with Crippen molar-refractivity contribution in [1.82, 2.24) is 15.0 Å². The molecule has 0 bridgehead atoms. The van der Waals surface area contributed by atoms with Crippen LogP contribution < -0.4 is 10.6 Å². The topological polar surface area (TPSA) is 71.4 Å². The summed E-state index contributed by atoms with van der Waals surface area (Å²) in [6, 6.07) is 0.290. The molecule has 0 amide bonds. The van der Waals surface area contributed by atoms with Gasteiger partial charge in [-0.2, -0.15) is 4.98 Å². The number of likely N-dealkylation sites (N-methyl/N-ethyl adjacent to an activating group) is 1. The molecule has 2 atom stereocenters. The number of anilines is 1. The lowest BCUT2D eigenvalue weighted by molar-refractivity contribution is 0.295. The highest BCUT2D eigenvalue weighted by Crippen LogP contribution is 2.31. The molecule has 0 spiro atoms. The van der Waals surface area contributed by atoms with E-state index >= 15 is 0 Å². The van der Waals surface area contributed by atoms with Crippen LogP contribution in [-0.2, 0) is 0 Å². The summed E-state index contributed by atoms with van der Waals surface area (Å²) >= 11 is 0. The van der Waals surface area contributed by atoms with Crippen LogP contribution in [0.4, 0.5) is 5.95 Å². The van der Waals surface area contributed by atoms with Crippen LogP contribution in [0.15, 0.2) is 4.52 Å². The van der Waals surface area contributed by atoms with Gasteiger partial charge in [-0.3, -0.25) is 0 Å².